The number of nitrogens with zero attached hydrogens (tertiary/aromatic N) is 1. The van der Waals surface area contributed by atoms with Gasteiger partial charge in [-0.05, 0) is 49.1 Å². The van der Waals surface area contributed by atoms with Crippen LogP contribution in [0, 0.1) is 0 Å². The topological polar surface area (TPSA) is 110 Å². The van der Waals surface area contributed by atoms with Gasteiger partial charge in [-0.15, -0.1) is 11.8 Å². The molecule has 1 aliphatic rings. The standard InChI is InChI=1S/C21H26N2O6S3/c1-15(16-4-6-17(7-5-16)31(3,25)26)22-32(27,28)18-8-9-20(30-2)19(14-18)21(24)23-10-12-29-13-11-23/h4-9,14-15,22H,10-13H2,1-3H3. The molecule has 3 rings (SSSR count). The number of ether oxygens (including phenoxy) is 1. The monoisotopic (exact) mass is 498 g/mol. The average molecular weight is 499 g/mol. The average Bonchev–Trinajstić information content (AvgIpc) is 2.78. The first-order chi connectivity index (χ1) is 15.0. The van der Waals surface area contributed by atoms with Gasteiger partial charge in [0.15, 0.2) is 9.84 Å². The number of rotatable bonds is 7. The van der Waals surface area contributed by atoms with E-state index in [4.69, 9.17) is 4.74 Å². The quantitative estimate of drug-likeness (QED) is 0.584. The van der Waals surface area contributed by atoms with Gasteiger partial charge < -0.3 is 9.64 Å². The molecule has 1 N–H and O–H groups in total. The zero-order chi connectivity index (χ0) is 23.5. The third-order valence-corrected chi connectivity index (χ3v) is 8.61. The molecule has 0 bridgehead atoms. The van der Waals surface area contributed by atoms with Crippen LogP contribution in [0.3, 0.4) is 0 Å². The van der Waals surface area contributed by atoms with E-state index in [1.54, 1.807) is 30.0 Å². The summed E-state index contributed by atoms with van der Waals surface area (Å²) in [4.78, 5) is 15.5. The Balaban J connectivity index is 1.85. The Morgan fingerprint density at radius 1 is 1.03 bits per heavy atom. The summed E-state index contributed by atoms with van der Waals surface area (Å²) in [6, 6.07) is 9.96. The lowest BCUT2D eigenvalue weighted by molar-refractivity contribution is 0.0300. The highest BCUT2D eigenvalue weighted by atomic mass is 32.2. The Morgan fingerprint density at radius 3 is 2.19 bits per heavy atom. The Hall–Kier alpha value is -1.92. The van der Waals surface area contributed by atoms with Gasteiger partial charge in [0, 0.05) is 30.3 Å². The Kier molecular flexibility index (Phi) is 7.66. The molecule has 32 heavy (non-hydrogen) atoms. The van der Waals surface area contributed by atoms with E-state index in [2.05, 4.69) is 4.72 Å². The molecule has 0 spiro atoms. The van der Waals surface area contributed by atoms with Crippen LogP contribution in [0.15, 0.2) is 57.2 Å². The van der Waals surface area contributed by atoms with Gasteiger partial charge in [0.1, 0.15) is 0 Å². The van der Waals surface area contributed by atoms with Crippen LogP contribution in [-0.4, -0.2) is 66.5 Å². The minimum Gasteiger partial charge on any atom is -0.378 e. The van der Waals surface area contributed by atoms with Crippen LogP contribution >= 0.6 is 11.8 Å². The Labute approximate surface area is 193 Å². The fourth-order valence-corrected chi connectivity index (χ4v) is 5.79. The molecular weight excluding hydrogens is 472 g/mol. The van der Waals surface area contributed by atoms with E-state index < -0.39 is 25.9 Å². The van der Waals surface area contributed by atoms with Crippen LogP contribution in [0.1, 0.15) is 28.9 Å². The molecule has 1 fully saturated rings. The predicted molar refractivity (Wildman–Crippen MR) is 123 cm³/mol. The van der Waals surface area contributed by atoms with Gasteiger partial charge in [-0.3, -0.25) is 4.79 Å². The number of benzene rings is 2. The van der Waals surface area contributed by atoms with Crippen molar-refractivity contribution in [2.24, 2.45) is 0 Å². The number of sulfone groups is 1. The maximum Gasteiger partial charge on any atom is 0.255 e. The van der Waals surface area contributed by atoms with Crippen molar-refractivity contribution in [2.45, 2.75) is 27.7 Å². The van der Waals surface area contributed by atoms with Gasteiger partial charge in [0.25, 0.3) is 5.91 Å². The lowest BCUT2D eigenvalue weighted by Crippen LogP contribution is -2.41. The van der Waals surface area contributed by atoms with E-state index in [1.165, 1.54) is 36.0 Å². The molecule has 174 valence electrons. The van der Waals surface area contributed by atoms with Gasteiger partial charge in [0.05, 0.1) is 28.6 Å². The van der Waals surface area contributed by atoms with Gasteiger partial charge >= 0.3 is 0 Å². The van der Waals surface area contributed by atoms with E-state index >= 15 is 0 Å². The van der Waals surface area contributed by atoms with Crippen molar-refractivity contribution in [1.29, 1.82) is 0 Å². The normalized spacial score (nSPS) is 16.0. The fourth-order valence-electron chi connectivity index (χ4n) is 3.33. The summed E-state index contributed by atoms with van der Waals surface area (Å²) in [7, 11) is -7.27. The largest absolute Gasteiger partial charge is 0.378 e. The molecule has 1 amide bonds. The molecule has 0 aliphatic carbocycles. The van der Waals surface area contributed by atoms with Crippen molar-refractivity contribution < 1.29 is 26.4 Å². The third-order valence-electron chi connectivity index (χ3n) is 5.15. The van der Waals surface area contributed by atoms with Crippen molar-refractivity contribution in [2.75, 3.05) is 38.8 Å². The van der Waals surface area contributed by atoms with Gasteiger partial charge in [-0.25, -0.2) is 21.6 Å². The highest BCUT2D eigenvalue weighted by Gasteiger charge is 2.25. The Morgan fingerprint density at radius 2 is 1.62 bits per heavy atom. The van der Waals surface area contributed by atoms with Crippen molar-refractivity contribution >= 4 is 37.5 Å². The van der Waals surface area contributed by atoms with Crippen LogP contribution in [0.5, 0.6) is 0 Å². The van der Waals surface area contributed by atoms with Crippen LogP contribution in [0.25, 0.3) is 0 Å². The van der Waals surface area contributed by atoms with Gasteiger partial charge in [-0.2, -0.15) is 0 Å². The SMILES string of the molecule is CSc1ccc(S(=O)(=O)NC(C)c2ccc(S(C)(=O)=O)cc2)cc1C(=O)N1CCOCC1. The number of carbonyl (C=O) groups is 1. The minimum absolute atomic E-state index is 0.00786. The molecule has 1 saturated heterocycles. The number of hydrogen-bond acceptors (Lipinski definition) is 7. The summed E-state index contributed by atoms with van der Waals surface area (Å²) in [5, 5.41) is 0. The van der Waals surface area contributed by atoms with E-state index in [0.29, 0.717) is 42.3 Å². The molecule has 0 saturated carbocycles. The molecule has 1 unspecified atom stereocenters. The number of thioether (sulfide) groups is 1. The summed E-state index contributed by atoms with van der Waals surface area (Å²) in [6.45, 7) is 3.50. The summed E-state index contributed by atoms with van der Waals surface area (Å²) in [5.41, 5.74) is 0.957. The molecule has 8 nitrogen and oxygen atoms in total. The Bertz CT molecular complexity index is 1190. The molecule has 1 atom stereocenters. The molecule has 11 heteroatoms. The third kappa shape index (κ3) is 5.70. The summed E-state index contributed by atoms with van der Waals surface area (Å²) in [5.74, 6) is -0.223. The molecule has 2 aromatic carbocycles. The number of morpholine rings is 1. The lowest BCUT2D eigenvalue weighted by atomic mass is 10.1. The van der Waals surface area contributed by atoms with E-state index in [1.807, 2.05) is 6.26 Å². The second kappa shape index (κ2) is 9.92. The van der Waals surface area contributed by atoms with Crippen molar-refractivity contribution in [1.82, 2.24) is 9.62 Å². The molecule has 1 aliphatic heterocycles. The van der Waals surface area contributed by atoms with Crippen molar-refractivity contribution in [3.8, 4) is 0 Å². The van der Waals surface area contributed by atoms with Gasteiger partial charge in [0.2, 0.25) is 10.0 Å². The number of sulfonamides is 1. The summed E-state index contributed by atoms with van der Waals surface area (Å²) in [6.07, 6.45) is 2.95. The second-order valence-corrected chi connectivity index (χ2v) is 12.0. The van der Waals surface area contributed by atoms with Crippen LogP contribution in [0.4, 0.5) is 0 Å². The molecule has 0 radical (unpaired) electrons. The zero-order valence-electron chi connectivity index (χ0n) is 18.1. The van der Waals surface area contributed by atoms with E-state index in [-0.39, 0.29) is 15.7 Å². The number of amides is 1. The minimum atomic E-state index is -3.93. The first-order valence-corrected chi connectivity index (χ1v) is 14.5. The maximum atomic E-state index is 13.0. The molecule has 1 heterocycles. The summed E-state index contributed by atoms with van der Waals surface area (Å²) >= 11 is 1.38. The van der Waals surface area contributed by atoms with Crippen molar-refractivity contribution in [3.05, 3.63) is 53.6 Å². The summed E-state index contributed by atoms with van der Waals surface area (Å²) < 4.78 is 57.2. The second-order valence-electron chi connectivity index (χ2n) is 7.45. The predicted octanol–water partition coefficient (Wildman–Crippen LogP) is 2.32. The van der Waals surface area contributed by atoms with E-state index in [9.17, 15) is 21.6 Å². The fraction of sp³-hybridized carbons (Fsp3) is 0.381. The number of hydrogen-bond donors (Lipinski definition) is 1. The smallest absolute Gasteiger partial charge is 0.255 e. The van der Waals surface area contributed by atoms with Crippen molar-refractivity contribution in [3.63, 3.8) is 0 Å². The first-order valence-electron chi connectivity index (χ1n) is 9.90. The number of nitrogens with one attached hydrogen (secondary N) is 1. The van der Waals surface area contributed by atoms with Gasteiger partial charge in [-0.1, -0.05) is 12.1 Å². The molecular formula is C21H26N2O6S3. The van der Waals surface area contributed by atoms with E-state index in [0.717, 1.165) is 6.26 Å². The lowest BCUT2D eigenvalue weighted by Gasteiger charge is -2.27. The van der Waals surface area contributed by atoms with Crippen LogP contribution in [-0.2, 0) is 24.6 Å². The highest BCUT2D eigenvalue weighted by molar-refractivity contribution is 7.98. The van der Waals surface area contributed by atoms with Crippen LogP contribution in [0.2, 0.25) is 0 Å². The zero-order valence-corrected chi connectivity index (χ0v) is 20.5. The van der Waals surface area contributed by atoms with Crippen LogP contribution < -0.4 is 4.72 Å². The molecule has 0 aromatic heterocycles. The number of carbonyl (C=O) groups excluding carboxylic acids is 1. The first kappa shape index (κ1) is 24.7. The molecule has 2 aromatic rings. The maximum absolute atomic E-state index is 13.0. The highest BCUT2D eigenvalue weighted by Crippen LogP contribution is 2.26.